The van der Waals surface area contributed by atoms with E-state index in [0.29, 0.717) is 5.02 Å². The fourth-order valence-corrected chi connectivity index (χ4v) is 4.76. The van der Waals surface area contributed by atoms with Gasteiger partial charge in [-0.25, -0.2) is 4.98 Å². The van der Waals surface area contributed by atoms with Crippen LogP contribution in [0, 0.1) is 0 Å². The molecule has 0 unspecified atom stereocenters. The lowest BCUT2D eigenvalue weighted by molar-refractivity contribution is -0.116. The Morgan fingerprint density at radius 2 is 2.07 bits per heavy atom. The molecule has 0 atom stereocenters. The van der Waals surface area contributed by atoms with Crippen LogP contribution in [0.2, 0.25) is 5.02 Å². The average Bonchev–Trinajstić information content (AvgIpc) is 3.20. The number of benzene rings is 1. The molecule has 0 radical (unpaired) electrons. The molecule has 1 aromatic carbocycles. The lowest BCUT2D eigenvalue weighted by Crippen LogP contribution is -2.28. The number of carbonyl (C=O) groups is 1. The van der Waals surface area contributed by atoms with E-state index in [0.717, 1.165) is 80.4 Å². The van der Waals surface area contributed by atoms with E-state index in [9.17, 15) is 4.79 Å². The first-order valence-corrected chi connectivity index (χ1v) is 11.0. The number of rotatable bonds is 3. The van der Waals surface area contributed by atoms with E-state index < -0.39 is 0 Å². The fourth-order valence-electron chi connectivity index (χ4n) is 4.60. The molecular weight excluding hydrogens is 398 g/mol. The van der Waals surface area contributed by atoms with Crippen molar-refractivity contribution in [2.75, 3.05) is 37.6 Å². The van der Waals surface area contributed by atoms with E-state index >= 15 is 0 Å². The summed E-state index contributed by atoms with van der Waals surface area (Å²) in [6.07, 6.45) is 3.99. The molecule has 0 saturated carbocycles. The normalized spacial score (nSPS) is 17.3. The molecule has 0 bridgehead atoms. The van der Waals surface area contributed by atoms with E-state index in [2.05, 4.69) is 32.8 Å². The standard InChI is InChI=1S/C23H26ClN5O/c1-16(30)28-11-7-17-13-18(3-5-20(17)28)23-21(15-27-10-2-8-25-9-12-27)29-14-19(24)4-6-22(29)26-23/h3-6,13-14,25H,2,7-12,15H2,1H3. The van der Waals surface area contributed by atoms with E-state index in [1.165, 1.54) is 5.56 Å². The number of carbonyl (C=O) groups excluding carboxylic acids is 1. The van der Waals surface area contributed by atoms with Gasteiger partial charge in [-0.1, -0.05) is 17.7 Å². The Labute approximate surface area is 181 Å². The summed E-state index contributed by atoms with van der Waals surface area (Å²) in [7, 11) is 0. The van der Waals surface area contributed by atoms with Gasteiger partial charge < -0.3 is 14.6 Å². The Balaban J connectivity index is 1.58. The summed E-state index contributed by atoms with van der Waals surface area (Å²) in [6, 6.07) is 10.2. The quantitative estimate of drug-likeness (QED) is 0.701. The topological polar surface area (TPSA) is 52.9 Å². The number of amides is 1. The smallest absolute Gasteiger partial charge is 0.223 e. The van der Waals surface area contributed by atoms with Gasteiger partial charge in [-0.3, -0.25) is 9.69 Å². The SMILES string of the molecule is CC(=O)N1CCc2cc(-c3nc4ccc(Cl)cn4c3CN3CCCNCC3)ccc21. The van der Waals surface area contributed by atoms with Gasteiger partial charge in [0.15, 0.2) is 0 Å². The van der Waals surface area contributed by atoms with Crippen molar-refractivity contribution in [2.24, 2.45) is 0 Å². The maximum absolute atomic E-state index is 11.9. The van der Waals surface area contributed by atoms with Gasteiger partial charge >= 0.3 is 0 Å². The monoisotopic (exact) mass is 423 g/mol. The molecule has 7 heteroatoms. The van der Waals surface area contributed by atoms with Gasteiger partial charge in [-0.05, 0) is 55.8 Å². The van der Waals surface area contributed by atoms with Crippen LogP contribution >= 0.6 is 11.6 Å². The number of imidazole rings is 1. The molecule has 0 aliphatic carbocycles. The molecule has 30 heavy (non-hydrogen) atoms. The Morgan fingerprint density at radius 1 is 1.17 bits per heavy atom. The molecule has 5 rings (SSSR count). The van der Waals surface area contributed by atoms with Crippen molar-refractivity contribution < 1.29 is 4.79 Å². The molecule has 2 aliphatic rings. The highest BCUT2D eigenvalue weighted by Crippen LogP contribution is 2.34. The summed E-state index contributed by atoms with van der Waals surface area (Å²) in [5, 5.41) is 4.18. The van der Waals surface area contributed by atoms with Crippen LogP contribution in [0.25, 0.3) is 16.9 Å². The second-order valence-electron chi connectivity index (χ2n) is 8.13. The Bertz CT molecular complexity index is 1100. The Morgan fingerprint density at radius 3 is 2.93 bits per heavy atom. The van der Waals surface area contributed by atoms with Crippen molar-refractivity contribution in [3.8, 4) is 11.3 Å². The largest absolute Gasteiger partial charge is 0.315 e. The van der Waals surface area contributed by atoms with Crippen LogP contribution in [0.1, 0.15) is 24.6 Å². The van der Waals surface area contributed by atoms with Crippen LogP contribution in [0.15, 0.2) is 36.5 Å². The van der Waals surface area contributed by atoms with Crippen LogP contribution in [0.3, 0.4) is 0 Å². The van der Waals surface area contributed by atoms with Gasteiger partial charge in [0.25, 0.3) is 0 Å². The van der Waals surface area contributed by atoms with Gasteiger partial charge in [0.1, 0.15) is 5.65 Å². The minimum atomic E-state index is 0.0966. The number of pyridine rings is 1. The highest BCUT2D eigenvalue weighted by molar-refractivity contribution is 6.30. The molecular formula is C23H26ClN5O. The van der Waals surface area contributed by atoms with Crippen molar-refractivity contribution in [3.05, 3.63) is 52.8 Å². The summed E-state index contributed by atoms with van der Waals surface area (Å²) >= 11 is 6.33. The first kappa shape index (κ1) is 19.5. The number of fused-ring (bicyclic) bond motifs is 2. The lowest BCUT2D eigenvalue weighted by Gasteiger charge is -2.20. The minimum absolute atomic E-state index is 0.0966. The number of aromatic nitrogens is 2. The molecule has 1 saturated heterocycles. The van der Waals surface area contributed by atoms with Crippen LogP contribution < -0.4 is 10.2 Å². The summed E-state index contributed by atoms with van der Waals surface area (Å²) in [5.74, 6) is 0.0966. The summed E-state index contributed by atoms with van der Waals surface area (Å²) in [6.45, 7) is 7.37. The van der Waals surface area contributed by atoms with E-state index in [-0.39, 0.29) is 5.91 Å². The third-order valence-corrected chi connectivity index (χ3v) is 6.34. The number of hydrogen-bond donors (Lipinski definition) is 1. The van der Waals surface area contributed by atoms with E-state index in [1.807, 2.05) is 23.2 Å². The van der Waals surface area contributed by atoms with E-state index in [4.69, 9.17) is 16.6 Å². The van der Waals surface area contributed by atoms with Crippen molar-refractivity contribution in [2.45, 2.75) is 26.3 Å². The number of nitrogens with zero attached hydrogens (tertiary/aromatic N) is 4. The van der Waals surface area contributed by atoms with Gasteiger partial charge in [0.2, 0.25) is 5.91 Å². The van der Waals surface area contributed by atoms with Crippen LogP contribution in [0.5, 0.6) is 0 Å². The summed E-state index contributed by atoms with van der Waals surface area (Å²) in [4.78, 5) is 21.2. The maximum Gasteiger partial charge on any atom is 0.223 e. The fraction of sp³-hybridized carbons (Fsp3) is 0.391. The van der Waals surface area contributed by atoms with Gasteiger partial charge in [-0.2, -0.15) is 0 Å². The van der Waals surface area contributed by atoms with Crippen LogP contribution in [-0.4, -0.2) is 52.9 Å². The molecule has 1 amide bonds. The third-order valence-electron chi connectivity index (χ3n) is 6.12. The van der Waals surface area contributed by atoms with Crippen molar-refractivity contribution in [1.82, 2.24) is 19.6 Å². The molecule has 2 aliphatic heterocycles. The lowest BCUT2D eigenvalue weighted by atomic mass is 10.0. The molecule has 4 heterocycles. The second-order valence-corrected chi connectivity index (χ2v) is 8.56. The summed E-state index contributed by atoms with van der Waals surface area (Å²) < 4.78 is 2.13. The maximum atomic E-state index is 11.9. The van der Waals surface area contributed by atoms with Crippen LogP contribution in [-0.2, 0) is 17.8 Å². The van der Waals surface area contributed by atoms with Crippen molar-refractivity contribution >= 4 is 28.8 Å². The zero-order valence-corrected chi connectivity index (χ0v) is 18.0. The summed E-state index contributed by atoms with van der Waals surface area (Å²) in [5.41, 5.74) is 6.40. The number of nitrogens with one attached hydrogen (secondary N) is 1. The Hall–Kier alpha value is -2.41. The van der Waals surface area contributed by atoms with Gasteiger partial charge in [0.05, 0.1) is 16.4 Å². The highest BCUT2D eigenvalue weighted by atomic mass is 35.5. The zero-order chi connectivity index (χ0) is 20.7. The molecule has 2 aromatic heterocycles. The predicted octanol–water partition coefficient (Wildman–Crippen LogP) is 3.36. The molecule has 3 aromatic rings. The second kappa shape index (κ2) is 8.02. The molecule has 1 N–H and O–H groups in total. The van der Waals surface area contributed by atoms with Crippen molar-refractivity contribution in [1.29, 1.82) is 0 Å². The van der Waals surface area contributed by atoms with Gasteiger partial charge in [0, 0.05) is 50.6 Å². The number of halogens is 1. The third kappa shape index (κ3) is 3.60. The first-order valence-electron chi connectivity index (χ1n) is 10.6. The van der Waals surface area contributed by atoms with Crippen molar-refractivity contribution in [3.63, 3.8) is 0 Å². The zero-order valence-electron chi connectivity index (χ0n) is 17.2. The average molecular weight is 424 g/mol. The minimum Gasteiger partial charge on any atom is -0.315 e. The number of hydrogen-bond acceptors (Lipinski definition) is 4. The van der Waals surface area contributed by atoms with Crippen LogP contribution in [0.4, 0.5) is 5.69 Å². The Kier molecular flexibility index (Phi) is 5.23. The molecule has 0 spiro atoms. The van der Waals surface area contributed by atoms with Gasteiger partial charge in [-0.15, -0.1) is 0 Å². The van der Waals surface area contributed by atoms with E-state index in [1.54, 1.807) is 6.92 Å². The molecule has 6 nitrogen and oxygen atoms in total. The predicted molar refractivity (Wildman–Crippen MR) is 120 cm³/mol. The highest BCUT2D eigenvalue weighted by Gasteiger charge is 2.24. The molecule has 1 fully saturated rings. The number of anilines is 1. The first-order chi connectivity index (χ1) is 14.6. The molecule has 156 valence electrons.